The molecule has 1 aromatic heterocycles. The molecule has 1 aliphatic rings. The Morgan fingerprint density at radius 2 is 2.23 bits per heavy atom. The van der Waals surface area contributed by atoms with Crippen molar-refractivity contribution in [3.05, 3.63) is 48.2 Å². The van der Waals surface area contributed by atoms with E-state index in [2.05, 4.69) is 15.7 Å². The zero-order valence-electron chi connectivity index (χ0n) is 12.4. The lowest BCUT2D eigenvalue weighted by atomic mass is 10.2. The molecule has 1 atom stereocenters. The third-order valence-corrected chi connectivity index (χ3v) is 3.59. The van der Waals surface area contributed by atoms with Crippen LogP contribution >= 0.6 is 0 Å². The zero-order valence-corrected chi connectivity index (χ0v) is 12.4. The Bertz CT molecular complexity index is 606. The van der Waals surface area contributed by atoms with Gasteiger partial charge in [-0.15, -0.1) is 0 Å². The fourth-order valence-electron chi connectivity index (χ4n) is 2.49. The lowest BCUT2D eigenvalue weighted by molar-refractivity contribution is -0.117. The van der Waals surface area contributed by atoms with Crippen molar-refractivity contribution in [1.82, 2.24) is 15.1 Å². The molecule has 0 bridgehead atoms. The number of rotatable bonds is 5. The van der Waals surface area contributed by atoms with Crippen LogP contribution in [0.5, 0.6) is 0 Å². The number of morpholine rings is 1. The normalized spacial score (nSPS) is 18.1. The Labute approximate surface area is 129 Å². The van der Waals surface area contributed by atoms with Crippen molar-refractivity contribution in [3.63, 3.8) is 0 Å². The number of aromatic nitrogens is 2. The molecule has 116 valence electrons. The van der Waals surface area contributed by atoms with Gasteiger partial charge in [0.25, 0.3) is 0 Å². The monoisotopic (exact) mass is 300 g/mol. The van der Waals surface area contributed by atoms with Crippen LogP contribution in [-0.4, -0.2) is 41.5 Å². The highest BCUT2D eigenvalue weighted by atomic mass is 16.5. The van der Waals surface area contributed by atoms with Gasteiger partial charge in [-0.05, 0) is 5.56 Å². The van der Waals surface area contributed by atoms with Gasteiger partial charge in [0.2, 0.25) is 5.91 Å². The van der Waals surface area contributed by atoms with Crippen molar-refractivity contribution in [2.75, 3.05) is 25.1 Å². The first-order chi connectivity index (χ1) is 10.8. The first kappa shape index (κ1) is 14.7. The average Bonchev–Trinajstić information content (AvgIpc) is 2.96. The number of carbonyl (C=O) groups excluding carboxylic acids is 1. The molecule has 0 spiro atoms. The van der Waals surface area contributed by atoms with E-state index in [1.165, 1.54) is 0 Å². The summed E-state index contributed by atoms with van der Waals surface area (Å²) < 4.78 is 7.15. The minimum Gasteiger partial charge on any atom is -0.378 e. The van der Waals surface area contributed by atoms with Crippen LogP contribution < -0.4 is 10.6 Å². The van der Waals surface area contributed by atoms with Crippen LogP contribution in [0.15, 0.2) is 42.6 Å². The number of ether oxygens (including phenoxy) is 1. The second-order valence-corrected chi connectivity index (χ2v) is 5.34. The number of nitrogens with zero attached hydrogens (tertiary/aromatic N) is 2. The molecule has 0 aliphatic carbocycles. The molecule has 1 amide bonds. The van der Waals surface area contributed by atoms with Crippen LogP contribution in [0.1, 0.15) is 12.0 Å². The Morgan fingerprint density at radius 3 is 3.00 bits per heavy atom. The number of carbonyl (C=O) groups is 1. The number of hydrogen-bond acceptors (Lipinski definition) is 4. The summed E-state index contributed by atoms with van der Waals surface area (Å²) in [6, 6.07) is 11.9. The smallest absolute Gasteiger partial charge is 0.227 e. The van der Waals surface area contributed by atoms with Gasteiger partial charge in [-0.2, -0.15) is 5.10 Å². The molecule has 3 rings (SSSR count). The molecule has 1 aliphatic heterocycles. The minimum absolute atomic E-state index is 0.0298. The summed E-state index contributed by atoms with van der Waals surface area (Å²) in [4.78, 5) is 12.1. The molecule has 1 fully saturated rings. The molecule has 1 unspecified atom stereocenters. The molecule has 2 heterocycles. The Morgan fingerprint density at radius 1 is 1.36 bits per heavy atom. The van der Waals surface area contributed by atoms with Crippen LogP contribution in [0.2, 0.25) is 0 Å². The largest absolute Gasteiger partial charge is 0.378 e. The van der Waals surface area contributed by atoms with Gasteiger partial charge in [0.1, 0.15) is 5.82 Å². The van der Waals surface area contributed by atoms with Crippen molar-refractivity contribution in [1.29, 1.82) is 0 Å². The van der Waals surface area contributed by atoms with E-state index in [1.807, 2.05) is 36.4 Å². The summed E-state index contributed by atoms with van der Waals surface area (Å²) in [5.74, 6) is 0.684. The van der Waals surface area contributed by atoms with Crippen molar-refractivity contribution < 1.29 is 9.53 Å². The summed E-state index contributed by atoms with van der Waals surface area (Å²) in [5, 5.41) is 10.5. The molecular formula is C16H20N4O2. The number of nitrogens with one attached hydrogen (secondary N) is 2. The van der Waals surface area contributed by atoms with Crippen LogP contribution in [0.25, 0.3) is 0 Å². The van der Waals surface area contributed by atoms with Crippen LogP contribution in [0, 0.1) is 0 Å². The Balaban J connectivity index is 1.58. The van der Waals surface area contributed by atoms with E-state index >= 15 is 0 Å². The molecule has 1 aromatic carbocycles. The first-order valence-electron chi connectivity index (χ1n) is 7.48. The molecule has 1 saturated heterocycles. The van der Waals surface area contributed by atoms with Gasteiger partial charge in [0.15, 0.2) is 0 Å². The van der Waals surface area contributed by atoms with Crippen molar-refractivity contribution in [3.8, 4) is 0 Å². The van der Waals surface area contributed by atoms with Gasteiger partial charge in [0.05, 0.1) is 26.0 Å². The first-order valence-corrected chi connectivity index (χ1v) is 7.48. The minimum atomic E-state index is -0.0298. The van der Waals surface area contributed by atoms with Crippen LogP contribution in [0.4, 0.5) is 5.82 Å². The van der Waals surface area contributed by atoms with E-state index in [0.717, 1.165) is 12.1 Å². The predicted molar refractivity (Wildman–Crippen MR) is 83.6 cm³/mol. The molecular weight excluding hydrogens is 280 g/mol. The molecule has 0 saturated carbocycles. The van der Waals surface area contributed by atoms with E-state index in [0.29, 0.717) is 32.0 Å². The van der Waals surface area contributed by atoms with E-state index in [1.54, 1.807) is 10.9 Å². The molecule has 22 heavy (non-hydrogen) atoms. The van der Waals surface area contributed by atoms with Crippen LogP contribution in [0.3, 0.4) is 0 Å². The average molecular weight is 300 g/mol. The second-order valence-electron chi connectivity index (χ2n) is 5.34. The third kappa shape index (κ3) is 3.93. The van der Waals surface area contributed by atoms with Gasteiger partial charge in [-0.25, -0.2) is 4.68 Å². The number of hydrogen-bond donors (Lipinski definition) is 2. The SMILES string of the molecule is O=C(CC1COCCN1)Nc1ccnn1Cc1ccccc1. The lowest BCUT2D eigenvalue weighted by Crippen LogP contribution is -2.43. The molecule has 6 nitrogen and oxygen atoms in total. The maximum Gasteiger partial charge on any atom is 0.227 e. The van der Waals surface area contributed by atoms with E-state index in [-0.39, 0.29) is 11.9 Å². The highest BCUT2D eigenvalue weighted by Gasteiger charge is 2.17. The quantitative estimate of drug-likeness (QED) is 0.872. The fourth-order valence-corrected chi connectivity index (χ4v) is 2.49. The summed E-state index contributed by atoms with van der Waals surface area (Å²) >= 11 is 0. The molecule has 2 N–H and O–H groups in total. The van der Waals surface area contributed by atoms with E-state index in [9.17, 15) is 4.79 Å². The molecule has 0 radical (unpaired) electrons. The standard InChI is InChI=1S/C16H20N4O2/c21-16(10-14-12-22-9-8-17-14)19-15-6-7-18-20(15)11-13-4-2-1-3-5-13/h1-7,14,17H,8-12H2,(H,19,21). The topological polar surface area (TPSA) is 68.2 Å². The van der Waals surface area contributed by atoms with Crippen molar-refractivity contribution in [2.24, 2.45) is 0 Å². The number of benzene rings is 1. The maximum absolute atomic E-state index is 12.1. The lowest BCUT2D eigenvalue weighted by Gasteiger charge is -2.23. The predicted octanol–water partition coefficient (Wildman–Crippen LogP) is 1.25. The molecule has 2 aromatic rings. The van der Waals surface area contributed by atoms with Crippen molar-refractivity contribution in [2.45, 2.75) is 19.0 Å². The zero-order chi connectivity index (χ0) is 15.2. The summed E-state index contributed by atoms with van der Waals surface area (Å²) in [7, 11) is 0. The van der Waals surface area contributed by atoms with Gasteiger partial charge >= 0.3 is 0 Å². The second kappa shape index (κ2) is 7.20. The third-order valence-electron chi connectivity index (χ3n) is 3.59. The highest BCUT2D eigenvalue weighted by molar-refractivity contribution is 5.90. The Kier molecular flexibility index (Phi) is 4.82. The maximum atomic E-state index is 12.1. The van der Waals surface area contributed by atoms with Gasteiger partial charge in [0, 0.05) is 25.1 Å². The summed E-state index contributed by atoms with van der Waals surface area (Å²) in [5.41, 5.74) is 1.14. The Hall–Kier alpha value is -2.18. The van der Waals surface area contributed by atoms with Gasteiger partial charge < -0.3 is 15.4 Å². The molecule has 6 heteroatoms. The van der Waals surface area contributed by atoms with Gasteiger partial charge in [-0.1, -0.05) is 30.3 Å². The number of amides is 1. The van der Waals surface area contributed by atoms with Crippen LogP contribution in [-0.2, 0) is 16.1 Å². The highest BCUT2D eigenvalue weighted by Crippen LogP contribution is 2.11. The summed E-state index contributed by atoms with van der Waals surface area (Å²) in [6.07, 6.45) is 2.09. The van der Waals surface area contributed by atoms with E-state index < -0.39 is 0 Å². The summed E-state index contributed by atoms with van der Waals surface area (Å²) in [6.45, 7) is 2.72. The van der Waals surface area contributed by atoms with Gasteiger partial charge in [-0.3, -0.25) is 4.79 Å². The fraction of sp³-hybridized carbons (Fsp3) is 0.375. The van der Waals surface area contributed by atoms with E-state index in [4.69, 9.17) is 4.74 Å². The number of anilines is 1. The van der Waals surface area contributed by atoms with Crippen molar-refractivity contribution >= 4 is 11.7 Å².